The average molecular weight is 375 g/mol. The fraction of sp³-hybridized carbons (Fsp3) is 0.333. The summed E-state index contributed by atoms with van der Waals surface area (Å²) in [5, 5.41) is 10.8. The van der Waals surface area contributed by atoms with Gasteiger partial charge in [-0.25, -0.2) is 8.42 Å². The van der Waals surface area contributed by atoms with Gasteiger partial charge < -0.3 is 4.90 Å². The molecule has 0 saturated carbocycles. The van der Waals surface area contributed by atoms with Gasteiger partial charge in [0, 0.05) is 43.5 Å². The first-order valence-electron chi connectivity index (χ1n) is 8.40. The number of nitro benzene ring substituents is 1. The predicted molar refractivity (Wildman–Crippen MR) is 101 cm³/mol. The summed E-state index contributed by atoms with van der Waals surface area (Å²) in [6.07, 6.45) is 0. The number of benzene rings is 2. The molecule has 2 aromatic carbocycles. The Kier molecular flexibility index (Phi) is 5.24. The molecule has 1 fully saturated rings. The van der Waals surface area contributed by atoms with E-state index in [0.29, 0.717) is 19.6 Å². The Hall–Kier alpha value is -2.45. The summed E-state index contributed by atoms with van der Waals surface area (Å²) in [5.41, 5.74) is 1.69. The zero-order valence-corrected chi connectivity index (χ0v) is 15.3. The van der Waals surface area contributed by atoms with Gasteiger partial charge in [0.15, 0.2) is 0 Å². The van der Waals surface area contributed by atoms with Crippen molar-refractivity contribution in [2.75, 3.05) is 24.5 Å². The zero-order chi connectivity index (χ0) is 18.7. The summed E-state index contributed by atoms with van der Waals surface area (Å²) in [6.45, 7) is 3.38. The fourth-order valence-electron chi connectivity index (χ4n) is 3.24. The largest absolute Gasteiger partial charge is 0.369 e. The van der Waals surface area contributed by atoms with Crippen LogP contribution in [0.5, 0.6) is 0 Å². The summed E-state index contributed by atoms with van der Waals surface area (Å²) < 4.78 is 27.1. The van der Waals surface area contributed by atoms with Gasteiger partial charge in [-0.1, -0.05) is 30.3 Å². The lowest BCUT2D eigenvalue weighted by Gasteiger charge is -2.40. The van der Waals surface area contributed by atoms with Crippen LogP contribution in [0.15, 0.2) is 54.6 Å². The third-order valence-corrected chi connectivity index (χ3v) is 6.50. The van der Waals surface area contributed by atoms with Crippen molar-refractivity contribution in [2.24, 2.45) is 0 Å². The molecule has 26 heavy (non-hydrogen) atoms. The van der Waals surface area contributed by atoms with Crippen LogP contribution in [0.3, 0.4) is 0 Å². The van der Waals surface area contributed by atoms with Gasteiger partial charge in [-0.3, -0.25) is 10.1 Å². The minimum absolute atomic E-state index is 0.00425. The Morgan fingerprint density at radius 3 is 2.31 bits per heavy atom. The van der Waals surface area contributed by atoms with Crippen molar-refractivity contribution in [2.45, 2.75) is 18.7 Å². The van der Waals surface area contributed by atoms with Gasteiger partial charge in [0.05, 0.1) is 10.7 Å². The van der Waals surface area contributed by atoms with Crippen LogP contribution in [0.25, 0.3) is 0 Å². The first-order valence-corrected chi connectivity index (χ1v) is 10.0. The molecular formula is C18H21N3O4S. The van der Waals surface area contributed by atoms with E-state index < -0.39 is 14.9 Å². The highest BCUT2D eigenvalue weighted by molar-refractivity contribution is 7.88. The Morgan fingerprint density at radius 1 is 1.08 bits per heavy atom. The molecule has 0 amide bonds. The van der Waals surface area contributed by atoms with Gasteiger partial charge in [0.2, 0.25) is 10.0 Å². The van der Waals surface area contributed by atoms with Crippen molar-refractivity contribution in [1.82, 2.24) is 4.31 Å². The van der Waals surface area contributed by atoms with Crippen LogP contribution in [-0.2, 0) is 15.8 Å². The maximum Gasteiger partial charge on any atom is 0.269 e. The number of anilines is 1. The lowest BCUT2D eigenvalue weighted by molar-refractivity contribution is -0.384. The van der Waals surface area contributed by atoms with Crippen LogP contribution >= 0.6 is 0 Å². The maximum absolute atomic E-state index is 12.8. The zero-order valence-electron chi connectivity index (χ0n) is 14.5. The molecule has 1 saturated heterocycles. The molecule has 7 nitrogen and oxygen atoms in total. The van der Waals surface area contributed by atoms with E-state index in [-0.39, 0.29) is 17.5 Å². The summed E-state index contributed by atoms with van der Waals surface area (Å²) in [6, 6.07) is 15.3. The highest BCUT2D eigenvalue weighted by atomic mass is 32.2. The van der Waals surface area contributed by atoms with Crippen LogP contribution in [0, 0.1) is 10.1 Å². The quantitative estimate of drug-likeness (QED) is 0.592. The molecule has 0 spiro atoms. The van der Waals surface area contributed by atoms with Crippen LogP contribution in [-0.4, -0.2) is 43.3 Å². The standard InChI is InChI=1S/C18H21N3O4S/c1-15-13-19(17-7-9-18(10-8-17)21(22)23)11-12-20(15)26(24,25)14-16-5-3-2-4-6-16/h2-10,15H,11-14H2,1H3/t15-/m0/s1. The number of hydrogen-bond donors (Lipinski definition) is 0. The van der Waals surface area contributed by atoms with Crippen molar-refractivity contribution >= 4 is 21.4 Å². The normalized spacial score (nSPS) is 18.7. The van der Waals surface area contributed by atoms with Crippen molar-refractivity contribution in [3.63, 3.8) is 0 Å². The second-order valence-corrected chi connectivity index (χ2v) is 8.34. The number of sulfonamides is 1. The van der Waals surface area contributed by atoms with E-state index in [1.54, 1.807) is 16.4 Å². The molecular weight excluding hydrogens is 354 g/mol. The molecule has 0 aromatic heterocycles. The molecule has 138 valence electrons. The number of nitrogens with zero attached hydrogens (tertiary/aromatic N) is 3. The number of nitro groups is 1. The molecule has 1 heterocycles. The molecule has 8 heteroatoms. The molecule has 0 radical (unpaired) electrons. The van der Waals surface area contributed by atoms with E-state index in [4.69, 9.17) is 0 Å². The Morgan fingerprint density at radius 2 is 1.73 bits per heavy atom. The summed E-state index contributed by atoms with van der Waals surface area (Å²) in [5.74, 6) is -0.00425. The number of non-ortho nitro benzene ring substituents is 1. The molecule has 0 aliphatic carbocycles. The minimum Gasteiger partial charge on any atom is -0.369 e. The van der Waals surface area contributed by atoms with E-state index in [2.05, 4.69) is 4.90 Å². The highest BCUT2D eigenvalue weighted by Gasteiger charge is 2.32. The number of piperazine rings is 1. The predicted octanol–water partition coefficient (Wildman–Crippen LogP) is 2.64. The summed E-state index contributed by atoms with van der Waals surface area (Å²) in [4.78, 5) is 12.4. The molecule has 3 rings (SSSR count). The summed E-state index contributed by atoms with van der Waals surface area (Å²) >= 11 is 0. The Bertz CT molecular complexity index is 869. The topological polar surface area (TPSA) is 83.8 Å². The van der Waals surface area contributed by atoms with Gasteiger partial charge in [-0.15, -0.1) is 0 Å². The van der Waals surface area contributed by atoms with E-state index >= 15 is 0 Å². The van der Waals surface area contributed by atoms with Crippen molar-refractivity contribution in [3.8, 4) is 0 Å². The second kappa shape index (κ2) is 7.43. The number of hydrogen-bond acceptors (Lipinski definition) is 5. The van der Waals surface area contributed by atoms with E-state index in [1.807, 2.05) is 37.3 Å². The van der Waals surface area contributed by atoms with Gasteiger partial charge in [0.25, 0.3) is 5.69 Å². The van der Waals surface area contributed by atoms with E-state index in [0.717, 1.165) is 11.3 Å². The third kappa shape index (κ3) is 4.03. The van der Waals surface area contributed by atoms with Gasteiger partial charge in [-0.05, 0) is 24.6 Å². The lowest BCUT2D eigenvalue weighted by atomic mass is 10.2. The van der Waals surface area contributed by atoms with Gasteiger partial charge in [-0.2, -0.15) is 4.31 Å². The van der Waals surface area contributed by atoms with Crippen LogP contribution in [0.2, 0.25) is 0 Å². The average Bonchev–Trinajstić information content (AvgIpc) is 2.62. The third-order valence-electron chi connectivity index (χ3n) is 4.54. The minimum atomic E-state index is -3.39. The van der Waals surface area contributed by atoms with Crippen molar-refractivity contribution in [3.05, 3.63) is 70.3 Å². The molecule has 0 bridgehead atoms. The fourth-order valence-corrected chi connectivity index (χ4v) is 5.00. The smallest absolute Gasteiger partial charge is 0.269 e. The van der Waals surface area contributed by atoms with Gasteiger partial charge in [0.1, 0.15) is 0 Å². The van der Waals surface area contributed by atoms with Crippen LogP contribution in [0.4, 0.5) is 11.4 Å². The molecule has 0 unspecified atom stereocenters. The molecule has 1 aliphatic heterocycles. The first kappa shape index (κ1) is 18.3. The van der Waals surface area contributed by atoms with Gasteiger partial charge >= 0.3 is 0 Å². The SMILES string of the molecule is C[C@H]1CN(c2ccc([N+](=O)[O-])cc2)CCN1S(=O)(=O)Cc1ccccc1. The van der Waals surface area contributed by atoms with E-state index in [1.165, 1.54) is 12.1 Å². The maximum atomic E-state index is 12.8. The molecule has 2 aromatic rings. The molecule has 0 N–H and O–H groups in total. The van der Waals surface area contributed by atoms with Crippen molar-refractivity contribution < 1.29 is 13.3 Å². The van der Waals surface area contributed by atoms with E-state index in [9.17, 15) is 18.5 Å². The second-order valence-electron chi connectivity index (χ2n) is 6.42. The Balaban J connectivity index is 1.69. The monoisotopic (exact) mass is 375 g/mol. The van der Waals surface area contributed by atoms with Crippen LogP contribution < -0.4 is 4.90 Å². The van der Waals surface area contributed by atoms with Crippen molar-refractivity contribution in [1.29, 1.82) is 0 Å². The Labute approximate surface area is 153 Å². The first-order chi connectivity index (χ1) is 12.4. The molecule has 1 aliphatic rings. The lowest BCUT2D eigenvalue weighted by Crippen LogP contribution is -2.54. The molecule has 1 atom stereocenters. The highest BCUT2D eigenvalue weighted by Crippen LogP contribution is 2.24. The number of rotatable bonds is 5. The summed E-state index contributed by atoms with van der Waals surface area (Å²) in [7, 11) is -3.39. The van der Waals surface area contributed by atoms with Crippen LogP contribution in [0.1, 0.15) is 12.5 Å².